The Hall–Kier alpha value is -2.18. The molecule has 1 fully saturated rings. The van der Waals surface area contributed by atoms with Crippen LogP contribution in [-0.2, 0) is 6.54 Å². The summed E-state index contributed by atoms with van der Waals surface area (Å²) in [6.45, 7) is 9.69. The lowest BCUT2D eigenvalue weighted by Gasteiger charge is -2.16. The molecule has 1 saturated heterocycles. The third kappa shape index (κ3) is 5.16. The molecule has 2 aromatic rings. The molecular weight excluding hydrogens is 324 g/mol. The van der Waals surface area contributed by atoms with E-state index < -0.39 is 0 Å². The molecule has 3 rings (SSSR count). The number of hydrogen-bond acceptors (Lipinski definition) is 6. The molecule has 0 spiro atoms. The van der Waals surface area contributed by atoms with Crippen LogP contribution in [0.5, 0.6) is 0 Å². The first kappa shape index (κ1) is 18.6. The van der Waals surface area contributed by atoms with Gasteiger partial charge in [-0.25, -0.2) is 4.98 Å². The van der Waals surface area contributed by atoms with Crippen molar-refractivity contribution in [2.45, 2.75) is 33.2 Å². The Morgan fingerprint density at radius 3 is 2.65 bits per heavy atom. The molecule has 0 aliphatic carbocycles. The molecule has 0 radical (unpaired) electrons. The lowest BCUT2D eigenvalue weighted by molar-refractivity contribution is 0.335. The van der Waals surface area contributed by atoms with Crippen LogP contribution in [-0.4, -0.2) is 48.1 Å². The number of nitrogens with zero attached hydrogens (tertiary/aromatic N) is 3. The number of hydrogen-bond donors (Lipinski definition) is 3. The van der Waals surface area contributed by atoms with E-state index >= 15 is 0 Å². The first-order valence-corrected chi connectivity index (χ1v) is 9.47. The highest BCUT2D eigenvalue weighted by molar-refractivity contribution is 5.57. The molecule has 1 aliphatic heterocycles. The predicted molar refractivity (Wildman–Crippen MR) is 108 cm³/mol. The fourth-order valence-electron chi connectivity index (χ4n) is 3.29. The van der Waals surface area contributed by atoms with Crippen LogP contribution in [0.1, 0.15) is 29.7 Å². The van der Waals surface area contributed by atoms with E-state index in [0.717, 1.165) is 36.8 Å². The van der Waals surface area contributed by atoms with Gasteiger partial charge in [0.15, 0.2) is 0 Å². The largest absolute Gasteiger partial charge is 0.373 e. The first-order chi connectivity index (χ1) is 12.6. The zero-order chi connectivity index (χ0) is 18.4. The fraction of sp³-hybridized carbons (Fsp3) is 0.500. The van der Waals surface area contributed by atoms with Gasteiger partial charge in [-0.3, -0.25) is 0 Å². The SMILES string of the molecule is CNc1cc(C)nc(Nc2ccc(C)c(CNCCN3CCCC3)c2)n1. The number of rotatable bonds is 8. The van der Waals surface area contributed by atoms with E-state index in [-0.39, 0.29) is 0 Å². The summed E-state index contributed by atoms with van der Waals surface area (Å²) in [5.74, 6) is 1.43. The molecule has 0 bridgehead atoms. The molecule has 140 valence electrons. The van der Waals surface area contributed by atoms with Crippen molar-refractivity contribution in [2.75, 3.05) is 43.9 Å². The molecule has 0 amide bonds. The van der Waals surface area contributed by atoms with Gasteiger partial charge >= 0.3 is 0 Å². The molecule has 6 heteroatoms. The van der Waals surface area contributed by atoms with Crippen molar-refractivity contribution in [2.24, 2.45) is 0 Å². The Morgan fingerprint density at radius 1 is 1.08 bits per heavy atom. The van der Waals surface area contributed by atoms with E-state index in [4.69, 9.17) is 0 Å². The van der Waals surface area contributed by atoms with Gasteiger partial charge in [0.05, 0.1) is 0 Å². The average molecular weight is 355 g/mol. The van der Waals surface area contributed by atoms with Crippen LogP contribution < -0.4 is 16.0 Å². The van der Waals surface area contributed by atoms with Gasteiger partial charge < -0.3 is 20.9 Å². The second kappa shape index (κ2) is 8.96. The summed E-state index contributed by atoms with van der Waals surface area (Å²) in [7, 11) is 1.86. The maximum atomic E-state index is 4.47. The van der Waals surface area contributed by atoms with Gasteiger partial charge in [0.2, 0.25) is 5.95 Å². The summed E-state index contributed by atoms with van der Waals surface area (Å²) >= 11 is 0. The van der Waals surface area contributed by atoms with E-state index in [9.17, 15) is 0 Å². The van der Waals surface area contributed by atoms with Crippen LogP contribution in [0, 0.1) is 13.8 Å². The minimum absolute atomic E-state index is 0.617. The van der Waals surface area contributed by atoms with Crippen molar-refractivity contribution >= 4 is 17.5 Å². The Kier molecular flexibility index (Phi) is 6.41. The standard InChI is InChI=1S/C20H30N6/c1-15-6-7-18(24-20-23-16(2)12-19(21-3)25-20)13-17(15)14-22-8-11-26-9-4-5-10-26/h6-7,12-13,22H,4-5,8-11,14H2,1-3H3,(H2,21,23,24,25). The molecule has 26 heavy (non-hydrogen) atoms. The van der Waals surface area contributed by atoms with Crippen LogP contribution in [0.2, 0.25) is 0 Å². The second-order valence-electron chi connectivity index (χ2n) is 6.96. The van der Waals surface area contributed by atoms with Gasteiger partial charge in [-0.05, 0) is 63.0 Å². The molecule has 0 unspecified atom stereocenters. The number of nitrogens with one attached hydrogen (secondary N) is 3. The van der Waals surface area contributed by atoms with Crippen LogP contribution in [0.25, 0.3) is 0 Å². The predicted octanol–water partition coefficient (Wildman–Crippen LogP) is 3.06. The Balaban J connectivity index is 1.59. The van der Waals surface area contributed by atoms with Gasteiger partial charge in [-0.15, -0.1) is 0 Å². The summed E-state index contributed by atoms with van der Waals surface area (Å²) in [5.41, 5.74) is 4.55. The Morgan fingerprint density at radius 2 is 1.88 bits per heavy atom. The zero-order valence-electron chi connectivity index (χ0n) is 16.1. The smallest absolute Gasteiger partial charge is 0.229 e. The number of anilines is 3. The monoisotopic (exact) mass is 354 g/mol. The van der Waals surface area contributed by atoms with Gasteiger partial charge in [0, 0.05) is 44.1 Å². The number of aromatic nitrogens is 2. The Bertz CT molecular complexity index is 724. The van der Waals surface area contributed by atoms with Crippen LogP contribution in [0.4, 0.5) is 17.5 Å². The van der Waals surface area contributed by atoms with E-state index in [2.05, 4.69) is 55.9 Å². The normalized spacial score (nSPS) is 14.6. The first-order valence-electron chi connectivity index (χ1n) is 9.47. The molecule has 6 nitrogen and oxygen atoms in total. The van der Waals surface area contributed by atoms with Crippen molar-refractivity contribution in [1.82, 2.24) is 20.2 Å². The minimum atomic E-state index is 0.617. The van der Waals surface area contributed by atoms with E-state index in [1.54, 1.807) is 0 Å². The number of benzene rings is 1. The summed E-state index contributed by atoms with van der Waals surface area (Å²) in [5, 5.41) is 9.97. The lowest BCUT2D eigenvalue weighted by atomic mass is 10.1. The van der Waals surface area contributed by atoms with E-state index in [1.165, 1.54) is 37.1 Å². The summed E-state index contributed by atoms with van der Waals surface area (Å²) < 4.78 is 0. The zero-order valence-corrected chi connectivity index (χ0v) is 16.1. The molecule has 0 atom stereocenters. The molecular formula is C20H30N6. The van der Waals surface area contributed by atoms with Crippen molar-refractivity contribution in [3.8, 4) is 0 Å². The van der Waals surface area contributed by atoms with Crippen molar-refractivity contribution in [3.63, 3.8) is 0 Å². The van der Waals surface area contributed by atoms with Crippen molar-refractivity contribution < 1.29 is 0 Å². The Labute approximate surface area is 156 Å². The van der Waals surface area contributed by atoms with Crippen LogP contribution >= 0.6 is 0 Å². The van der Waals surface area contributed by atoms with Gasteiger partial charge in [0.25, 0.3) is 0 Å². The molecule has 1 aliphatic rings. The lowest BCUT2D eigenvalue weighted by Crippen LogP contribution is -2.29. The number of aryl methyl sites for hydroxylation is 2. The number of likely N-dealkylation sites (tertiary alicyclic amines) is 1. The van der Waals surface area contributed by atoms with Gasteiger partial charge in [0.1, 0.15) is 5.82 Å². The average Bonchev–Trinajstić information content (AvgIpc) is 3.14. The van der Waals surface area contributed by atoms with Crippen molar-refractivity contribution in [3.05, 3.63) is 41.1 Å². The molecule has 3 N–H and O–H groups in total. The molecule has 1 aromatic heterocycles. The maximum absolute atomic E-state index is 4.47. The fourth-order valence-corrected chi connectivity index (χ4v) is 3.29. The molecule has 1 aromatic carbocycles. The summed E-state index contributed by atoms with van der Waals surface area (Å²) in [6, 6.07) is 8.33. The highest BCUT2D eigenvalue weighted by Crippen LogP contribution is 2.19. The highest BCUT2D eigenvalue weighted by Gasteiger charge is 2.10. The quantitative estimate of drug-likeness (QED) is 0.633. The van der Waals surface area contributed by atoms with Crippen LogP contribution in [0.3, 0.4) is 0 Å². The molecule has 0 saturated carbocycles. The van der Waals surface area contributed by atoms with E-state index in [1.807, 2.05) is 20.0 Å². The second-order valence-corrected chi connectivity index (χ2v) is 6.96. The van der Waals surface area contributed by atoms with E-state index in [0.29, 0.717) is 5.95 Å². The topological polar surface area (TPSA) is 65.1 Å². The van der Waals surface area contributed by atoms with Gasteiger partial charge in [-0.2, -0.15) is 4.98 Å². The maximum Gasteiger partial charge on any atom is 0.229 e. The summed E-state index contributed by atoms with van der Waals surface area (Å²) in [4.78, 5) is 11.5. The van der Waals surface area contributed by atoms with Crippen LogP contribution in [0.15, 0.2) is 24.3 Å². The van der Waals surface area contributed by atoms with Crippen molar-refractivity contribution in [1.29, 1.82) is 0 Å². The minimum Gasteiger partial charge on any atom is -0.373 e. The van der Waals surface area contributed by atoms with Gasteiger partial charge in [-0.1, -0.05) is 6.07 Å². The summed E-state index contributed by atoms with van der Waals surface area (Å²) in [6.07, 6.45) is 2.70. The highest BCUT2D eigenvalue weighted by atomic mass is 15.2. The molecule has 2 heterocycles. The third-order valence-corrected chi connectivity index (χ3v) is 4.83. The third-order valence-electron chi connectivity index (χ3n) is 4.83.